The maximum absolute atomic E-state index is 11.4. The Balaban J connectivity index is 0.00000264. The molecule has 0 saturated carbocycles. The van der Waals surface area contributed by atoms with Crippen LogP contribution in [0.25, 0.3) is 0 Å². The Hall–Kier alpha value is -0.570. The van der Waals surface area contributed by atoms with Crippen LogP contribution >= 0.6 is 24.0 Å². The first kappa shape index (κ1) is 20.5. The van der Waals surface area contributed by atoms with Gasteiger partial charge in [-0.3, -0.25) is 9.79 Å². The Morgan fingerprint density at radius 2 is 1.65 bits per heavy atom. The number of nitrogens with one attached hydrogen (secondary N) is 1. The average molecular weight is 437 g/mol. The van der Waals surface area contributed by atoms with Crippen molar-refractivity contribution in [3.63, 3.8) is 0 Å². The van der Waals surface area contributed by atoms with E-state index in [1.54, 1.807) is 6.92 Å². The van der Waals surface area contributed by atoms with Crippen molar-refractivity contribution in [2.75, 3.05) is 58.9 Å². The van der Waals surface area contributed by atoms with Gasteiger partial charge in [0.15, 0.2) is 5.96 Å². The van der Waals surface area contributed by atoms with Crippen LogP contribution < -0.4 is 5.32 Å². The number of aliphatic imine (C=N–C) groups is 1. The number of carbonyl (C=O) groups excluding carboxylic acids is 1. The van der Waals surface area contributed by atoms with Gasteiger partial charge < -0.3 is 20.0 Å². The zero-order chi connectivity index (χ0) is 15.8. The second-order valence-electron chi connectivity index (χ2n) is 6.13. The molecule has 0 unspecified atom stereocenters. The summed E-state index contributed by atoms with van der Waals surface area (Å²) in [7, 11) is 0. The highest BCUT2D eigenvalue weighted by Crippen LogP contribution is 2.07. The van der Waals surface area contributed by atoms with E-state index in [0.717, 1.165) is 51.6 Å². The van der Waals surface area contributed by atoms with Crippen LogP contribution in [0.3, 0.4) is 0 Å². The largest absolute Gasteiger partial charge is 0.357 e. The van der Waals surface area contributed by atoms with Crippen molar-refractivity contribution in [2.45, 2.75) is 33.1 Å². The highest BCUT2D eigenvalue weighted by atomic mass is 127. The molecule has 6 nitrogen and oxygen atoms in total. The molecular formula is C16H32IN5O. The Kier molecular flexibility index (Phi) is 9.85. The van der Waals surface area contributed by atoms with Crippen molar-refractivity contribution >= 4 is 35.8 Å². The minimum atomic E-state index is 0. The van der Waals surface area contributed by atoms with Gasteiger partial charge in [0.2, 0.25) is 5.91 Å². The SMILES string of the molecule is CCNC(=NCCCN1CCCC1)N1CCN(C(C)=O)CC1.I. The first-order valence-electron chi connectivity index (χ1n) is 8.72. The van der Waals surface area contributed by atoms with Crippen molar-refractivity contribution in [2.24, 2.45) is 4.99 Å². The van der Waals surface area contributed by atoms with E-state index in [2.05, 4.69) is 22.0 Å². The minimum Gasteiger partial charge on any atom is -0.357 e. The summed E-state index contributed by atoms with van der Waals surface area (Å²) in [6.07, 6.45) is 3.83. The predicted octanol–water partition coefficient (Wildman–Crippen LogP) is 1.22. The highest BCUT2D eigenvalue weighted by molar-refractivity contribution is 14.0. The Morgan fingerprint density at radius 1 is 1.04 bits per heavy atom. The quantitative estimate of drug-likeness (QED) is 0.304. The molecule has 0 atom stereocenters. The van der Waals surface area contributed by atoms with Crippen LogP contribution in [0.4, 0.5) is 0 Å². The summed E-state index contributed by atoms with van der Waals surface area (Å²) >= 11 is 0. The normalized spacial score (nSPS) is 19.7. The molecule has 1 N–H and O–H groups in total. The molecule has 0 spiro atoms. The molecule has 0 aromatic heterocycles. The second-order valence-corrected chi connectivity index (χ2v) is 6.13. The highest BCUT2D eigenvalue weighted by Gasteiger charge is 2.20. The number of nitrogens with zero attached hydrogens (tertiary/aromatic N) is 4. The number of amides is 1. The van der Waals surface area contributed by atoms with Crippen molar-refractivity contribution < 1.29 is 4.79 Å². The van der Waals surface area contributed by atoms with Crippen LogP contribution in [0.15, 0.2) is 4.99 Å². The number of hydrogen-bond acceptors (Lipinski definition) is 3. The van der Waals surface area contributed by atoms with Crippen molar-refractivity contribution in [3.8, 4) is 0 Å². The average Bonchev–Trinajstić information content (AvgIpc) is 3.04. The van der Waals surface area contributed by atoms with Gasteiger partial charge in [0, 0.05) is 46.2 Å². The van der Waals surface area contributed by atoms with E-state index in [0.29, 0.717) is 0 Å². The molecule has 0 radical (unpaired) electrons. The van der Waals surface area contributed by atoms with Gasteiger partial charge in [-0.05, 0) is 45.8 Å². The lowest BCUT2D eigenvalue weighted by atomic mass is 10.3. The molecule has 2 rings (SSSR count). The molecule has 2 saturated heterocycles. The molecule has 0 bridgehead atoms. The molecule has 2 aliphatic heterocycles. The first-order valence-corrected chi connectivity index (χ1v) is 8.72. The number of carbonyl (C=O) groups is 1. The summed E-state index contributed by atoms with van der Waals surface area (Å²) in [5.74, 6) is 1.18. The summed E-state index contributed by atoms with van der Waals surface area (Å²) in [5.41, 5.74) is 0. The molecule has 1 amide bonds. The van der Waals surface area contributed by atoms with Gasteiger partial charge in [0.25, 0.3) is 0 Å². The number of guanidine groups is 1. The van der Waals surface area contributed by atoms with Gasteiger partial charge >= 0.3 is 0 Å². The van der Waals surface area contributed by atoms with Crippen LogP contribution in [-0.4, -0.2) is 85.5 Å². The topological polar surface area (TPSA) is 51.2 Å². The fourth-order valence-corrected chi connectivity index (χ4v) is 3.14. The molecule has 7 heteroatoms. The van der Waals surface area contributed by atoms with Crippen molar-refractivity contribution in [1.29, 1.82) is 0 Å². The summed E-state index contributed by atoms with van der Waals surface area (Å²) in [6.45, 7) is 12.5. The number of halogens is 1. The fraction of sp³-hybridized carbons (Fsp3) is 0.875. The smallest absolute Gasteiger partial charge is 0.219 e. The lowest BCUT2D eigenvalue weighted by Gasteiger charge is -2.36. The monoisotopic (exact) mass is 437 g/mol. The van der Waals surface area contributed by atoms with Crippen LogP contribution in [0.2, 0.25) is 0 Å². The van der Waals surface area contributed by atoms with Gasteiger partial charge in [0.1, 0.15) is 0 Å². The van der Waals surface area contributed by atoms with Crippen LogP contribution in [-0.2, 0) is 4.79 Å². The van der Waals surface area contributed by atoms with E-state index in [-0.39, 0.29) is 29.9 Å². The minimum absolute atomic E-state index is 0. The van der Waals surface area contributed by atoms with Crippen LogP contribution in [0.1, 0.15) is 33.1 Å². The van der Waals surface area contributed by atoms with E-state index in [4.69, 9.17) is 4.99 Å². The molecule has 2 aliphatic rings. The molecule has 0 aromatic carbocycles. The third-order valence-corrected chi connectivity index (χ3v) is 4.45. The number of piperazine rings is 1. The van der Waals surface area contributed by atoms with E-state index in [1.165, 1.54) is 32.5 Å². The summed E-state index contributed by atoms with van der Waals surface area (Å²) in [4.78, 5) is 22.9. The number of hydrogen-bond donors (Lipinski definition) is 1. The maximum atomic E-state index is 11.4. The third-order valence-electron chi connectivity index (χ3n) is 4.45. The first-order chi connectivity index (χ1) is 10.7. The molecule has 23 heavy (non-hydrogen) atoms. The van der Waals surface area contributed by atoms with E-state index in [9.17, 15) is 4.79 Å². The van der Waals surface area contributed by atoms with E-state index >= 15 is 0 Å². The summed E-state index contributed by atoms with van der Waals surface area (Å²) in [6, 6.07) is 0. The maximum Gasteiger partial charge on any atom is 0.219 e. The summed E-state index contributed by atoms with van der Waals surface area (Å²) < 4.78 is 0. The number of rotatable bonds is 5. The van der Waals surface area contributed by atoms with Gasteiger partial charge in [-0.2, -0.15) is 0 Å². The van der Waals surface area contributed by atoms with Crippen molar-refractivity contribution in [3.05, 3.63) is 0 Å². The molecule has 2 fully saturated rings. The molecule has 0 aromatic rings. The Bertz CT molecular complexity index is 377. The standard InChI is InChI=1S/C16H31N5O.HI/c1-3-17-16(18-7-6-10-19-8-4-5-9-19)21-13-11-20(12-14-21)15(2)22;/h3-14H2,1-2H3,(H,17,18);1H. The Labute approximate surface area is 157 Å². The van der Waals surface area contributed by atoms with Gasteiger partial charge in [-0.25, -0.2) is 0 Å². The van der Waals surface area contributed by atoms with Gasteiger partial charge in [-0.1, -0.05) is 0 Å². The van der Waals surface area contributed by atoms with E-state index in [1.807, 2.05) is 4.90 Å². The second kappa shape index (κ2) is 11.1. The summed E-state index contributed by atoms with van der Waals surface area (Å²) in [5, 5.41) is 3.38. The lowest BCUT2D eigenvalue weighted by molar-refractivity contribution is -0.130. The molecular weight excluding hydrogens is 405 g/mol. The fourth-order valence-electron chi connectivity index (χ4n) is 3.14. The molecule has 134 valence electrons. The van der Waals surface area contributed by atoms with Crippen LogP contribution in [0, 0.1) is 0 Å². The van der Waals surface area contributed by atoms with E-state index < -0.39 is 0 Å². The van der Waals surface area contributed by atoms with Crippen molar-refractivity contribution in [1.82, 2.24) is 20.0 Å². The zero-order valence-electron chi connectivity index (χ0n) is 14.6. The van der Waals surface area contributed by atoms with Gasteiger partial charge in [-0.15, -0.1) is 24.0 Å². The lowest BCUT2D eigenvalue weighted by Crippen LogP contribution is -2.53. The zero-order valence-corrected chi connectivity index (χ0v) is 16.9. The number of likely N-dealkylation sites (tertiary alicyclic amines) is 1. The Morgan fingerprint density at radius 3 is 2.22 bits per heavy atom. The predicted molar refractivity (Wildman–Crippen MR) is 106 cm³/mol. The van der Waals surface area contributed by atoms with Gasteiger partial charge in [0.05, 0.1) is 0 Å². The molecule has 0 aliphatic carbocycles. The van der Waals surface area contributed by atoms with Crippen LogP contribution in [0.5, 0.6) is 0 Å². The third kappa shape index (κ3) is 6.82. The molecule has 2 heterocycles.